The summed E-state index contributed by atoms with van der Waals surface area (Å²) in [5, 5.41) is 0. The molecule has 2 aromatic rings. The molecule has 176 valence electrons. The third kappa shape index (κ3) is 5.11. The molecule has 1 spiro atoms. The van der Waals surface area contributed by atoms with Crippen molar-refractivity contribution >= 4 is 11.9 Å². The first-order chi connectivity index (χ1) is 16.0. The molecule has 2 saturated heterocycles. The number of aryl methyl sites for hydroxylation is 1. The van der Waals surface area contributed by atoms with Crippen LogP contribution in [0, 0.1) is 5.92 Å². The van der Waals surface area contributed by atoms with E-state index in [-0.39, 0.29) is 11.9 Å². The second kappa shape index (κ2) is 10.5. The molecule has 0 N–H and O–H groups in total. The van der Waals surface area contributed by atoms with Crippen LogP contribution in [0.5, 0.6) is 0 Å². The van der Waals surface area contributed by atoms with Gasteiger partial charge in [-0.05, 0) is 48.8 Å². The van der Waals surface area contributed by atoms with Gasteiger partial charge in [-0.2, -0.15) is 0 Å². The van der Waals surface area contributed by atoms with Gasteiger partial charge in [0.2, 0.25) is 0 Å². The number of carbonyl (C=O) groups excluding carboxylic acids is 2. The van der Waals surface area contributed by atoms with Gasteiger partial charge in [0, 0.05) is 45.1 Å². The highest BCUT2D eigenvalue weighted by Crippen LogP contribution is 2.38. The van der Waals surface area contributed by atoms with Crippen molar-refractivity contribution in [2.45, 2.75) is 58.0 Å². The van der Waals surface area contributed by atoms with Crippen molar-refractivity contribution in [2.75, 3.05) is 26.2 Å². The predicted octanol–water partition coefficient (Wildman–Crippen LogP) is 4.36. The van der Waals surface area contributed by atoms with Gasteiger partial charge in [-0.25, -0.2) is 4.79 Å². The Morgan fingerprint density at radius 2 is 1.76 bits per heavy atom. The molecule has 0 aliphatic carbocycles. The van der Waals surface area contributed by atoms with Gasteiger partial charge < -0.3 is 9.80 Å². The fourth-order valence-corrected chi connectivity index (χ4v) is 5.11. The van der Waals surface area contributed by atoms with Gasteiger partial charge in [-0.1, -0.05) is 56.7 Å². The van der Waals surface area contributed by atoms with Crippen molar-refractivity contribution in [1.82, 2.24) is 19.7 Å². The van der Waals surface area contributed by atoms with E-state index in [1.807, 2.05) is 53.6 Å². The summed E-state index contributed by atoms with van der Waals surface area (Å²) in [6, 6.07) is 13.9. The van der Waals surface area contributed by atoms with Gasteiger partial charge in [0.25, 0.3) is 5.91 Å². The van der Waals surface area contributed by atoms with Crippen molar-refractivity contribution in [3.8, 4) is 0 Å². The number of imide groups is 1. The SMILES string of the molecule is CC[C@H](C)CN1CCC2(CC1)C(=O)N(CCCc1cccnc1)C(=O)N2Cc1ccccc1. The number of nitrogens with zero attached hydrogens (tertiary/aromatic N) is 4. The monoisotopic (exact) mass is 448 g/mol. The maximum absolute atomic E-state index is 13.8. The molecule has 1 atom stereocenters. The summed E-state index contributed by atoms with van der Waals surface area (Å²) in [4.78, 5) is 37.3. The van der Waals surface area contributed by atoms with Gasteiger partial charge >= 0.3 is 6.03 Å². The molecule has 3 amide bonds. The van der Waals surface area contributed by atoms with Crippen LogP contribution in [-0.4, -0.2) is 63.3 Å². The summed E-state index contributed by atoms with van der Waals surface area (Å²) in [6.45, 7) is 8.21. The topological polar surface area (TPSA) is 56.8 Å². The van der Waals surface area contributed by atoms with E-state index < -0.39 is 5.54 Å². The average Bonchev–Trinajstić information content (AvgIpc) is 3.03. The number of aromatic nitrogens is 1. The van der Waals surface area contributed by atoms with Gasteiger partial charge in [-0.15, -0.1) is 0 Å². The number of carbonyl (C=O) groups is 2. The number of likely N-dealkylation sites (tertiary alicyclic amines) is 1. The van der Waals surface area contributed by atoms with Crippen LogP contribution >= 0.6 is 0 Å². The van der Waals surface area contributed by atoms with Crippen molar-refractivity contribution in [1.29, 1.82) is 0 Å². The molecule has 33 heavy (non-hydrogen) atoms. The van der Waals surface area contributed by atoms with Gasteiger partial charge in [0.05, 0.1) is 0 Å². The normalized spacial score (nSPS) is 19.5. The van der Waals surface area contributed by atoms with Crippen LogP contribution in [0.15, 0.2) is 54.9 Å². The first-order valence-electron chi connectivity index (χ1n) is 12.3. The highest BCUT2D eigenvalue weighted by Gasteiger charge is 2.57. The highest BCUT2D eigenvalue weighted by molar-refractivity contribution is 6.07. The van der Waals surface area contributed by atoms with Crippen molar-refractivity contribution < 1.29 is 9.59 Å². The first kappa shape index (κ1) is 23.4. The minimum atomic E-state index is -0.715. The van der Waals surface area contributed by atoms with Gasteiger partial charge in [-0.3, -0.25) is 14.7 Å². The molecule has 2 aliphatic rings. The zero-order chi connectivity index (χ0) is 23.3. The lowest BCUT2D eigenvalue weighted by atomic mass is 9.85. The average molecular weight is 449 g/mol. The van der Waals surface area contributed by atoms with Crippen LogP contribution < -0.4 is 0 Å². The van der Waals surface area contributed by atoms with Crippen molar-refractivity contribution in [3.63, 3.8) is 0 Å². The third-order valence-electron chi connectivity index (χ3n) is 7.33. The Bertz CT molecular complexity index is 926. The smallest absolute Gasteiger partial charge is 0.305 e. The maximum atomic E-state index is 13.8. The summed E-state index contributed by atoms with van der Waals surface area (Å²) >= 11 is 0. The van der Waals surface area contributed by atoms with E-state index in [1.54, 1.807) is 6.20 Å². The molecular weight excluding hydrogens is 412 g/mol. The molecule has 4 rings (SSSR count). The summed E-state index contributed by atoms with van der Waals surface area (Å²) < 4.78 is 0. The van der Waals surface area contributed by atoms with E-state index in [9.17, 15) is 9.59 Å². The molecule has 3 heterocycles. The third-order valence-corrected chi connectivity index (χ3v) is 7.33. The highest BCUT2D eigenvalue weighted by atomic mass is 16.2. The Kier molecular flexibility index (Phi) is 7.43. The fraction of sp³-hybridized carbons (Fsp3) is 0.519. The number of hydrogen-bond donors (Lipinski definition) is 0. The molecule has 0 saturated carbocycles. The Labute approximate surface area is 197 Å². The molecule has 0 bridgehead atoms. The molecular formula is C27H36N4O2. The van der Waals surface area contributed by atoms with E-state index in [4.69, 9.17) is 0 Å². The van der Waals surface area contributed by atoms with E-state index >= 15 is 0 Å². The standard InChI is InChI=1S/C27H36N4O2/c1-3-22(2)20-29-17-13-27(14-18-29)25(32)30(16-8-12-23-11-7-15-28-19-23)26(33)31(27)21-24-9-5-4-6-10-24/h4-7,9-11,15,19,22H,3,8,12-14,16-18,20-21H2,1-2H3/t22-/m0/s1. The van der Waals surface area contributed by atoms with Gasteiger partial charge in [0.15, 0.2) is 0 Å². The van der Waals surface area contributed by atoms with E-state index in [1.165, 1.54) is 4.90 Å². The molecule has 0 unspecified atom stereocenters. The van der Waals surface area contributed by atoms with Crippen LogP contribution in [0.2, 0.25) is 0 Å². The van der Waals surface area contributed by atoms with Gasteiger partial charge in [0.1, 0.15) is 5.54 Å². The lowest BCUT2D eigenvalue weighted by molar-refractivity contribution is -0.136. The Morgan fingerprint density at radius 3 is 2.42 bits per heavy atom. The number of benzene rings is 1. The zero-order valence-electron chi connectivity index (χ0n) is 19.9. The summed E-state index contributed by atoms with van der Waals surface area (Å²) in [5.74, 6) is 0.641. The van der Waals surface area contributed by atoms with E-state index in [0.29, 0.717) is 31.8 Å². The number of rotatable bonds is 9. The number of urea groups is 1. The molecule has 1 aromatic carbocycles. The maximum Gasteiger partial charge on any atom is 0.327 e. The second-order valence-corrected chi connectivity index (χ2v) is 9.62. The summed E-state index contributed by atoms with van der Waals surface area (Å²) in [7, 11) is 0. The predicted molar refractivity (Wildman–Crippen MR) is 130 cm³/mol. The van der Waals surface area contributed by atoms with E-state index in [2.05, 4.69) is 23.7 Å². The molecule has 2 fully saturated rings. The Morgan fingerprint density at radius 1 is 1.03 bits per heavy atom. The van der Waals surface area contributed by atoms with Crippen molar-refractivity contribution in [2.24, 2.45) is 5.92 Å². The molecule has 2 aliphatic heterocycles. The lowest BCUT2D eigenvalue weighted by Crippen LogP contribution is -2.56. The zero-order valence-corrected chi connectivity index (χ0v) is 19.9. The van der Waals surface area contributed by atoms with Crippen LogP contribution in [0.1, 0.15) is 50.7 Å². The summed E-state index contributed by atoms with van der Waals surface area (Å²) in [5.41, 5.74) is 1.48. The number of pyridine rings is 1. The quantitative estimate of drug-likeness (QED) is 0.535. The Hall–Kier alpha value is -2.73. The van der Waals surface area contributed by atoms with Crippen LogP contribution in [0.4, 0.5) is 4.79 Å². The molecule has 1 aromatic heterocycles. The minimum absolute atomic E-state index is 0.00203. The molecule has 6 heteroatoms. The molecule has 0 radical (unpaired) electrons. The second-order valence-electron chi connectivity index (χ2n) is 9.62. The summed E-state index contributed by atoms with van der Waals surface area (Å²) in [6.07, 6.45) is 7.74. The number of hydrogen-bond acceptors (Lipinski definition) is 4. The first-order valence-corrected chi connectivity index (χ1v) is 12.3. The minimum Gasteiger partial charge on any atom is -0.305 e. The van der Waals surface area contributed by atoms with Crippen molar-refractivity contribution in [3.05, 3.63) is 66.0 Å². The van der Waals surface area contributed by atoms with Crippen LogP contribution in [0.3, 0.4) is 0 Å². The largest absolute Gasteiger partial charge is 0.327 e. The van der Waals surface area contributed by atoms with E-state index in [0.717, 1.165) is 50.0 Å². The van der Waals surface area contributed by atoms with Crippen LogP contribution in [0.25, 0.3) is 0 Å². The number of amides is 3. The number of piperidine rings is 1. The lowest BCUT2D eigenvalue weighted by Gasteiger charge is -2.42. The van der Waals surface area contributed by atoms with Crippen LogP contribution in [-0.2, 0) is 17.8 Å². The molecule has 6 nitrogen and oxygen atoms in total. The Balaban J connectivity index is 1.49. The fourth-order valence-electron chi connectivity index (χ4n) is 5.11.